The van der Waals surface area contributed by atoms with E-state index in [0.29, 0.717) is 6.54 Å². The summed E-state index contributed by atoms with van der Waals surface area (Å²) in [7, 11) is 0. The molecule has 19 heavy (non-hydrogen) atoms. The normalized spacial score (nSPS) is 11.2. The fourth-order valence-electron chi connectivity index (χ4n) is 1.91. The van der Waals surface area contributed by atoms with Gasteiger partial charge in [0.05, 0.1) is 23.4 Å². The number of amides is 1. The molecule has 0 spiro atoms. The lowest BCUT2D eigenvalue weighted by atomic mass is 9.84. The van der Waals surface area contributed by atoms with Crippen LogP contribution in [0, 0.1) is 11.3 Å². The zero-order valence-corrected chi connectivity index (χ0v) is 11.0. The van der Waals surface area contributed by atoms with Crippen molar-refractivity contribution in [3.8, 4) is 6.07 Å². The van der Waals surface area contributed by atoms with Gasteiger partial charge in [-0.1, -0.05) is 19.9 Å². The molecule has 0 radical (unpaired) electrons. The van der Waals surface area contributed by atoms with Gasteiger partial charge in [-0.3, -0.25) is 4.79 Å². The predicted octanol–water partition coefficient (Wildman–Crippen LogP) is 1.87. The van der Waals surface area contributed by atoms with E-state index in [1.807, 2.05) is 24.3 Å². The van der Waals surface area contributed by atoms with Crippen molar-refractivity contribution in [2.24, 2.45) is 0 Å². The second-order valence-corrected chi connectivity index (χ2v) is 5.13. The summed E-state index contributed by atoms with van der Waals surface area (Å²) >= 11 is 0. The summed E-state index contributed by atoms with van der Waals surface area (Å²) in [6, 6.07) is 7.85. The molecular weight excluding hydrogens is 240 g/mol. The largest absolute Gasteiger partial charge is 0.354 e. The van der Waals surface area contributed by atoms with Crippen LogP contribution in [0.15, 0.2) is 24.5 Å². The van der Waals surface area contributed by atoms with Crippen molar-refractivity contribution in [1.82, 2.24) is 15.3 Å². The first-order valence-corrected chi connectivity index (χ1v) is 6.10. The summed E-state index contributed by atoms with van der Waals surface area (Å²) in [6.45, 7) is 4.60. The number of fused-ring (bicyclic) bond motifs is 1. The van der Waals surface area contributed by atoms with Crippen molar-refractivity contribution in [1.29, 1.82) is 5.26 Å². The molecule has 5 nitrogen and oxygen atoms in total. The lowest BCUT2D eigenvalue weighted by Crippen LogP contribution is -2.36. The summed E-state index contributed by atoms with van der Waals surface area (Å²) < 4.78 is 0. The standard InChI is InChI=1S/C14H16N4O/c1-14(2,8-16-13(19)5-6-15)10-3-4-11-12(7-10)18-9-17-11/h3-4,7,9H,5,8H2,1-2H3,(H,16,19)(H,17,18). The van der Waals surface area contributed by atoms with Gasteiger partial charge in [0.25, 0.3) is 0 Å². The molecule has 1 amide bonds. The number of carbonyl (C=O) groups is 1. The summed E-state index contributed by atoms with van der Waals surface area (Å²) in [4.78, 5) is 18.6. The topological polar surface area (TPSA) is 81.6 Å². The van der Waals surface area contributed by atoms with Crippen molar-refractivity contribution in [3.63, 3.8) is 0 Å². The molecule has 0 bridgehead atoms. The zero-order chi connectivity index (χ0) is 13.9. The van der Waals surface area contributed by atoms with Crippen molar-refractivity contribution >= 4 is 16.9 Å². The zero-order valence-electron chi connectivity index (χ0n) is 11.0. The highest BCUT2D eigenvalue weighted by molar-refractivity contribution is 5.78. The van der Waals surface area contributed by atoms with Gasteiger partial charge in [-0.25, -0.2) is 4.98 Å². The Labute approximate surface area is 111 Å². The Kier molecular flexibility index (Phi) is 3.52. The number of hydrogen-bond acceptors (Lipinski definition) is 3. The Morgan fingerprint density at radius 2 is 2.32 bits per heavy atom. The van der Waals surface area contributed by atoms with Crippen LogP contribution in [-0.2, 0) is 10.2 Å². The summed E-state index contributed by atoms with van der Waals surface area (Å²) in [5, 5.41) is 11.2. The minimum absolute atomic E-state index is 0.102. The van der Waals surface area contributed by atoms with Gasteiger partial charge >= 0.3 is 0 Å². The first kappa shape index (κ1) is 13.1. The summed E-state index contributed by atoms with van der Waals surface area (Å²) in [6.07, 6.45) is 1.56. The summed E-state index contributed by atoms with van der Waals surface area (Å²) in [5.41, 5.74) is 2.81. The Bertz CT molecular complexity index is 636. The van der Waals surface area contributed by atoms with Gasteiger partial charge in [0.1, 0.15) is 6.42 Å². The van der Waals surface area contributed by atoms with Crippen LogP contribution in [0.2, 0.25) is 0 Å². The van der Waals surface area contributed by atoms with Crippen molar-refractivity contribution in [3.05, 3.63) is 30.1 Å². The van der Waals surface area contributed by atoms with E-state index in [2.05, 4.69) is 29.1 Å². The molecule has 5 heteroatoms. The van der Waals surface area contributed by atoms with Crippen LogP contribution in [0.4, 0.5) is 0 Å². The number of H-pyrrole nitrogens is 1. The van der Waals surface area contributed by atoms with Crippen LogP contribution >= 0.6 is 0 Å². The minimum atomic E-state index is -0.238. The third-order valence-electron chi connectivity index (χ3n) is 3.17. The number of nitrogens with zero attached hydrogens (tertiary/aromatic N) is 2. The van der Waals surface area contributed by atoms with Gasteiger partial charge in [0.15, 0.2) is 0 Å². The number of aromatic amines is 1. The highest BCUT2D eigenvalue weighted by atomic mass is 16.1. The molecular formula is C14H16N4O. The van der Waals surface area contributed by atoms with E-state index < -0.39 is 0 Å². The molecule has 0 aliphatic carbocycles. The van der Waals surface area contributed by atoms with E-state index >= 15 is 0 Å². The third kappa shape index (κ3) is 2.91. The molecule has 2 N–H and O–H groups in total. The summed E-state index contributed by atoms with van der Waals surface area (Å²) in [5.74, 6) is -0.238. The van der Waals surface area contributed by atoms with Crippen molar-refractivity contribution < 1.29 is 4.79 Å². The van der Waals surface area contributed by atoms with Crippen LogP contribution in [0.25, 0.3) is 11.0 Å². The molecule has 1 aromatic carbocycles. The SMILES string of the molecule is CC(C)(CNC(=O)CC#N)c1ccc2nc[nH]c2c1. The molecule has 0 aliphatic heterocycles. The minimum Gasteiger partial charge on any atom is -0.354 e. The highest BCUT2D eigenvalue weighted by Gasteiger charge is 2.21. The van der Waals surface area contributed by atoms with E-state index in [1.165, 1.54) is 0 Å². The lowest BCUT2D eigenvalue weighted by molar-refractivity contribution is -0.120. The van der Waals surface area contributed by atoms with E-state index in [1.54, 1.807) is 6.33 Å². The van der Waals surface area contributed by atoms with Gasteiger partial charge in [0.2, 0.25) is 5.91 Å². The number of rotatable bonds is 4. The maximum absolute atomic E-state index is 11.3. The quantitative estimate of drug-likeness (QED) is 0.876. The number of carbonyl (C=O) groups excluding carboxylic acids is 1. The molecule has 2 rings (SSSR count). The monoisotopic (exact) mass is 256 g/mol. The second-order valence-electron chi connectivity index (χ2n) is 5.13. The number of nitrogens with one attached hydrogen (secondary N) is 2. The Balaban J connectivity index is 2.14. The van der Waals surface area contributed by atoms with Crippen LogP contribution in [0.5, 0.6) is 0 Å². The molecule has 98 valence electrons. The van der Waals surface area contributed by atoms with Crippen LogP contribution in [-0.4, -0.2) is 22.4 Å². The lowest BCUT2D eigenvalue weighted by Gasteiger charge is -2.25. The second kappa shape index (κ2) is 5.11. The van der Waals surface area contributed by atoms with E-state index in [9.17, 15) is 4.79 Å². The van der Waals surface area contributed by atoms with Crippen LogP contribution in [0.1, 0.15) is 25.8 Å². The van der Waals surface area contributed by atoms with Crippen molar-refractivity contribution in [2.45, 2.75) is 25.7 Å². The Hall–Kier alpha value is -2.35. The average molecular weight is 256 g/mol. The molecule has 1 heterocycles. The molecule has 1 aromatic heterocycles. The fraction of sp³-hybridized carbons (Fsp3) is 0.357. The van der Waals surface area contributed by atoms with Gasteiger partial charge < -0.3 is 10.3 Å². The number of nitriles is 1. The van der Waals surface area contributed by atoms with E-state index in [0.717, 1.165) is 16.6 Å². The maximum Gasteiger partial charge on any atom is 0.234 e. The van der Waals surface area contributed by atoms with E-state index in [-0.39, 0.29) is 17.7 Å². The molecule has 0 unspecified atom stereocenters. The fourth-order valence-corrected chi connectivity index (χ4v) is 1.91. The van der Waals surface area contributed by atoms with Gasteiger partial charge in [-0.05, 0) is 17.7 Å². The smallest absolute Gasteiger partial charge is 0.234 e. The Morgan fingerprint density at radius 1 is 1.53 bits per heavy atom. The Morgan fingerprint density at radius 3 is 3.05 bits per heavy atom. The molecule has 0 fully saturated rings. The highest BCUT2D eigenvalue weighted by Crippen LogP contribution is 2.24. The van der Waals surface area contributed by atoms with E-state index in [4.69, 9.17) is 5.26 Å². The van der Waals surface area contributed by atoms with Crippen molar-refractivity contribution in [2.75, 3.05) is 6.54 Å². The number of benzene rings is 1. The first-order chi connectivity index (χ1) is 9.03. The third-order valence-corrected chi connectivity index (χ3v) is 3.17. The molecule has 0 aliphatic rings. The van der Waals surface area contributed by atoms with Gasteiger partial charge in [-0.15, -0.1) is 0 Å². The van der Waals surface area contributed by atoms with Crippen LogP contribution < -0.4 is 5.32 Å². The van der Waals surface area contributed by atoms with Crippen LogP contribution in [0.3, 0.4) is 0 Å². The first-order valence-electron chi connectivity index (χ1n) is 6.10. The number of hydrogen-bond donors (Lipinski definition) is 2. The predicted molar refractivity (Wildman–Crippen MR) is 72.4 cm³/mol. The maximum atomic E-state index is 11.3. The van der Waals surface area contributed by atoms with Gasteiger partial charge in [-0.2, -0.15) is 5.26 Å². The number of imidazole rings is 1. The molecule has 0 saturated heterocycles. The molecule has 0 saturated carbocycles. The molecule has 0 atom stereocenters. The number of aromatic nitrogens is 2. The molecule has 2 aromatic rings. The van der Waals surface area contributed by atoms with Gasteiger partial charge in [0, 0.05) is 12.0 Å². The average Bonchev–Trinajstić information content (AvgIpc) is 2.84.